The SMILES string of the molecule is CSc1ccccc1NCc1ccc(O)cc1. The van der Waals surface area contributed by atoms with Gasteiger partial charge in [-0.3, -0.25) is 0 Å². The van der Waals surface area contributed by atoms with Crippen LogP contribution < -0.4 is 5.32 Å². The van der Waals surface area contributed by atoms with Crippen molar-refractivity contribution in [2.75, 3.05) is 11.6 Å². The molecule has 0 fully saturated rings. The lowest BCUT2D eigenvalue weighted by Gasteiger charge is -2.10. The van der Waals surface area contributed by atoms with Crippen molar-refractivity contribution in [2.45, 2.75) is 11.4 Å². The monoisotopic (exact) mass is 245 g/mol. The molecule has 0 spiro atoms. The van der Waals surface area contributed by atoms with Crippen molar-refractivity contribution in [1.82, 2.24) is 0 Å². The summed E-state index contributed by atoms with van der Waals surface area (Å²) in [7, 11) is 0. The lowest BCUT2D eigenvalue weighted by atomic mass is 10.2. The molecule has 0 bridgehead atoms. The molecule has 0 aliphatic heterocycles. The second-order valence-corrected chi connectivity index (χ2v) is 4.57. The molecule has 0 aliphatic carbocycles. The second kappa shape index (κ2) is 5.64. The van der Waals surface area contributed by atoms with E-state index in [0.717, 1.165) is 17.8 Å². The summed E-state index contributed by atoms with van der Waals surface area (Å²) in [5.41, 5.74) is 2.30. The Morgan fingerprint density at radius 3 is 2.47 bits per heavy atom. The van der Waals surface area contributed by atoms with Crippen molar-refractivity contribution in [2.24, 2.45) is 0 Å². The zero-order valence-corrected chi connectivity index (χ0v) is 10.5. The smallest absolute Gasteiger partial charge is 0.115 e. The van der Waals surface area contributed by atoms with Crippen LogP contribution in [0.2, 0.25) is 0 Å². The van der Waals surface area contributed by atoms with E-state index in [-0.39, 0.29) is 0 Å². The lowest BCUT2D eigenvalue weighted by Crippen LogP contribution is -2.00. The first kappa shape index (κ1) is 11.9. The summed E-state index contributed by atoms with van der Waals surface area (Å²) in [5.74, 6) is 0.304. The Morgan fingerprint density at radius 2 is 1.76 bits per heavy atom. The molecule has 2 N–H and O–H groups in total. The van der Waals surface area contributed by atoms with E-state index >= 15 is 0 Å². The summed E-state index contributed by atoms with van der Waals surface area (Å²) < 4.78 is 0. The average Bonchev–Trinajstić information content (AvgIpc) is 2.38. The Kier molecular flexibility index (Phi) is 3.94. The summed E-state index contributed by atoms with van der Waals surface area (Å²) in [6.45, 7) is 0.762. The van der Waals surface area contributed by atoms with Gasteiger partial charge in [0.15, 0.2) is 0 Å². The minimum Gasteiger partial charge on any atom is -0.508 e. The number of phenolic OH excluding ortho intramolecular Hbond substituents is 1. The average molecular weight is 245 g/mol. The maximum absolute atomic E-state index is 9.20. The van der Waals surface area contributed by atoms with Gasteiger partial charge in [-0.1, -0.05) is 24.3 Å². The molecule has 0 saturated heterocycles. The molecule has 2 aromatic rings. The van der Waals surface area contributed by atoms with Gasteiger partial charge in [-0.05, 0) is 36.1 Å². The minimum absolute atomic E-state index is 0.304. The van der Waals surface area contributed by atoms with Crippen LogP contribution in [-0.4, -0.2) is 11.4 Å². The molecule has 88 valence electrons. The molecule has 0 aromatic heterocycles. The van der Waals surface area contributed by atoms with Gasteiger partial charge in [-0.2, -0.15) is 0 Å². The van der Waals surface area contributed by atoms with E-state index in [1.165, 1.54) is 4.90 Å². The predicted octanol–water partition coefficient (Wildman–Crippen LogP) is 3.73. The molecular weight excluding hydrogens is 230 g/mol. The van der Waals surface area contributed by atoms with Crippen molar-refractivity contribution in [3.05, 3.63) is 54.1 Å². The van der Waals surface area contributed by atoms with Gasteiger partial charge in [-0.25, -0.2) is 0 Å². The van der Waals surface area contributed by atoms with Gasteiger partial charge in [0.05, 0.1) is 0 Å². The maximum Gasteiger partial charge on any atom is 0.115 e. The highest BCUT2D eigenvalue weighted by atomic mass is 32.2. The quantitative estimate of drug-likeness (QED) is 0.805. The zero-order valence-electron chi connectivity index (χ0n) is 9.68. The Morgan fingerprint density at radius 1 is 1.06 bits per heavy atom. The summed E-state index contributed by atoms with van der Waals surface area (Å²) in [5, 5.41) is 12.6. The molecule has 0 heterocycles. The third-order valence-corrected chi connectivity index (χ3v) is 3.32. The normalized spacial score (nSPS) is 10.2. The van der Waals surface area contributed by atoms with Gasteiger partial charge in [-0.15, -0.1) is 11.8 Å². The number of nitrogens with one attached hydrogen (secondary N) is 1. The van der Waals surface area contributed by atoms with Crippen LogP contribution in [0, 0.1) is 0 Å². The standard InChI is InChI=1S/C14H15NOS/c1-17-14-5-3-2-4-13(14)15-10-11-6-8-12(16)9-7-11/h2-9,15-16H,10H2,1H3. The number of para-hydroxylation sites is 1. The number of phenols is 1. The highest BCUT2D eigenvalue weighted by Gasteiger charge is 1.99. The first-order chi connectivity index (χ1) is 8.29. The third-order valence-electron chi connectivity index (χ3n) is 2.53. The first-order valence-corrected chi connectivity index (χ1v) is 6.67. The van der Waals surface area contributed by atoms with E-state index in [9.17, 15) is 5.11 Å². The van der Waals surface area contributed by atoms with Crippen LogP contribution in [0.4, 0.5) is 5.69 Å². The largest absolute Gasteiger partial charge is 0.508 e. The van der Waals surface area contributed by atoms with Gasteiger partial charge in [0.1, 0.15) is 5.75 Å². The van der Waals surface area contributed by atoms with Crippen molar-refractivity contribution < 1.29 is 5.11 Å². The Labute approximate surface area is 106 Å². The molecule has 0 radical (unpaired) electrons. The summed E-state index contributed by atoms with van der Waals surface area (Å²) >= 11 is 1.73. The minimum atomic E-state index is 0.304. The second-order valence-electron chi connectivity index (χ2n) is 3.72. The molecule has 17 heavy (non-hydrogen) atoms. The first-order valence-electron chi connectivity index (χ1n) is 5.44. The number of rotatable bonds is 4. The molecule has 0 aliphatic rings. The Hall–Kier alpha value is -1.61. The van der Waals surface area contributed by atoms with Gasteiger partial charge in [0.2, 0.25) is 0 Å². The van der Waals surface area contributed by atoms with Crippen LogP contribution in [0.25, 0.3) is 0 Å². The molecule has 0 saturated carbocycles. The molecule has 2 aromatic carbocycles. The van der Waals surface area contributed by atoms with Crippen LogP contribution >= 0.6 is 11.8 Å². The van der Waals surface area contributed by atoms with Gasteiger partial charge < -0.3 is 10.4 Å². The number of thioether (sulfide) groups is 1. The number of aromatic hydroxyl groups is 1. The summed E-state index contributed by atoms with van der Waals surface area (Å²) in [6, 6.07) is 15.5. The molecular formula is C14H15NOS. The fourth-order valence-electron chi connectivity index (χ4n) is 1.60. The van der Waals surface area contributed by atoms with Crippen molar-refractivity contribution in [3.8, 4) is 5.75 Å². The van der Waals surface area contributed by atoms with Gasteiger partial charge in [0.25, 0.3) is 0 Å². The fourth-order valence-corrected chi connectivity index (χ4v) is 2.18. The number of benzene rings is 2. The Balaban J connectivity index is 2.04. The molecule has 0 atom stereocenters. The number of anilines is 1. The molecule has 2 nitrogen and oxygen atoms in total. The lowest BCUT2D eigenvalue weighted by molar-refractivity contribution is 0.475. The zero-order chi connectivity index (χ0) is 12.1. The van der Waals surface area contributed by atoms with Crippen LogP contribution in [0.1, 0.15) is 5.56 Å². The highest BCUT2D eigenvalue weighted by Crippen LogP contribution is 2.25. The molecule has 0 unspecified atom stereocenters. The van der Waals surface area contributed by atoms with Crippen LogP contribution in [0.15, 0.2) is 53.4 Å². The number of hydrogen-bond acceptors (Lipinski definition) is 3. The predicted molar refractivity (Wildman–Crippen MR) is 73.7 cm³/mol. The number of hydrogen-bond donors (Lipinski definition) is 2. The maximum atomic E-state index is 9.20. The summed E-state index contributed by atoms with van der Waals surface area (Å²) in [6.07, 6.45) is 2.07. The van der Waals surface area contributed by atoms with Crippen molar-refractivity contribution >= 4 is 17.4 Å². The van der Waals surface area contributed by atoms with E-state index in [0.29, 0.717) is 5.75 Å². The van der Waals surface area contributed by atoms with Crippen LogP contribution in [-0.2, 0) is 6.54 Å². The van der Waals surface area contributed by atoms with E-state index < -0.39 is 0 Å². The van der Waals surface area contributed by atoms with Gasteiger partial charge >= 0.3 is 0 Å². The van der Waals surface area contributed by atoms with E-state index in [2.05, 4.69) is 23.7 Å². The van der Waals surface area contributed by atoms with E-state index in [1.807, 2.05) is 24.3 Å². The summed E-state index contributed by atoms with van der Waals surface area (Å²) in [4.78, 5) is 1.24. The topological polar surface area (TPSA) is 32.3 Å². The molecule has 2 rings (SSSR count). The Bertz CT molecular complexity index is 482. The third kappa shape index (κ3) is 3.17. The molecule has 0 amide bonds. The van der Waals surface area contributed by atoms with E-state index in [4.69, 9.17) is 0 Å². The fraction of sp³-hybridized carbons (Fsp3) is 0.143. The van der Waals surface area contributed by atoms with Gasteiger partial charge in [0, 0.05) is 17.1 Å². The van der Waals surface area contributed by atoms with Crippen molar-refractivity contribution in [1.29, 1.82) is 0 Å². The van der Waals surface area contributed by atoms with E-state index in [1.54, 1.807) is 23.9 Å². The van der Waals surface area contributed by atoms with Crippen LogP contribution in [0.3, 0.4) is 0 Å². The molecule has 3 heteroatoms. The highest BCUT2D eigenvalue weighted by molar-refractivity contribution is 7.98. The van der Waals surface area contributed by atoms with Crippen molar-refractivity contribution in [3.63, 3.8) is 0 Å². The van der Waals surface area contributed by atoms with Crippen LogP contribution in [0.5, 0.6) is 5.75 Å².